The lowest BCUT2D eigenvalue weighted by molar-refractivity contribution is -0.905. The highest BCUT2D eigenvalue weighted by atomic mass is 16.4. The first-order valence-corrected chi connectivity index (χ1v) is 9.68. The number of carboxylic acid groups (broad SMARTS) is 1. The number of nitrogens with one attached hydrogen (secondary N) is 1. The van der Waals surface area contributed by atoms with Crippen molar-refractivity contribution in [3.8, 4) is 6.07 Å². The number of carbonyl (C=O) groups is 1. The molecule has 3 aromatic rings. The Morgan fingerprint density at radius 2 is 2.14 bits per heavy atom. The number of likely N-dealkylation sites (N-methyl/N-ethyl adjacent to an activating group) is 1. The second-order valence-corrected chi connectivity index (χ2v) is 7.49. The van der Waals surface area contributed by atoms with E-state index in [1.807, 2.05) is 48.9 Å². The highest BCUT2D eigenvalue weighted by Crippen LogP contribution is 2.30. The van der Waals surface area contributed by atoms with Gasteiger partial charge >= 0.3 is 0 Å². The van der Waals surface area contributed by atoms with E-state index in [9.17, 15) is 15.2 Å². The number of aromatic nitrogens is 2. The predicted molar refractivity (Wildman–Crippen MR) is 109 cm³/mol. The number of pyridine rings is 1. The van der Waals surface area contributed by atoms with E-state index >= 15 is 0 Å². The molecule has 146 valence electrons. The number of benzene rings is 1. The third-order valence-corrected chi connectivity index (χ3v) is 5.89. The standard InChI is InChI=1S/C23H22N4O2/c1-4-27-12-16(9-15-10-17(11-24)26(3)14(15)2)22-19(13-27)21(23(28)29)18-7-5-6-8-20(18)25-22/h5-10H,4,12-13H2,1-3H3,(H,28,29)/b16-9+. The van der Waals surface area contributed by atoms with Crippen LogP contribution in [0.15, 0.2) is 30.3 Å². The fourth-order valence-corrected chi connectivity index (χ4v) is 4.12. The molecule has 29 heavy (non-hydrogen) atoms. The van der Waals surface area contributed by atoms with Gasteiger partial charge in [-0.25, -0.2) is 4.98 Å². The van der Waals surface area contributed by atoms with Crippen LogP contribution < -0.4 is 10.0 Å². The molecule has 6 nitrogen and oxygen atoms in total. The number of nitriles is 1. The summed E-state index contributed by atoms with van der Waals surface area (Å²) in [6.45, 7) is 6.28. The molecule has 0 aliphatic carbocycles. The Hall–Kier alpha value is -3.43. The fourth-order valence-electron chi connectivity index (χ4n) is 4.12. The van der Waals surface area contributed by atoms with Crippen molar-refractivity contribution in [2.75, 3.05) is 13.1 Å². The van der Waals surface area contributed by atoms with E-state index in [0.29, 0.717) is 23.1 Å². The van der Waals surface area contributed by atoms with Crippen LogP contribution in [0, 0.1) is 18.3 Å². The van der Waals surface area contributed by atoms with Crippen molar-refractivity contribution in [1.82, 2.24) is 9.55 Å². The zero-order chi connectivity index (χ0) is 20.7. The smallest absolute Gasteiger partial charge is 0.120 e. The van der Waals surface area contributed by atoms with Crippen molar-refractivity contribution in [1.29, 1.82) is 5.26 Å². The minimum absolute atomic E-state index is 0.240. The Balaban J connectivity index is 2.00. The van der Waals surface area contributed by atoms with Crippen LogP contribution in [0.3, 0.4) is 0 Å². The van der Waals surface area contributed by atoms with Gasteiger partial charge in [-0.05, 0) is 37.6 Å². The van der Waals surface area contributed by atoms with Crippen molar-refractivity contribution < 1.29 is 14.8 Å². The summed E-state index contributed by atoms with van der Waals surface area (Å²) in [5.74, 6) is -1.17. The first-order chi connectivity index (χ1) is 13.9. The van der Waals surface area contributed by atoms with Gasteiger partial charge in [0, 0.05) is 34.8 Å². The molecule has 1 aliphatic rings. The fraction of sp³-hybridized carbons (Fsp3) is 0.261. The number of fused-ring (bicyclic) bond motifs is 2. The number of quaternary nitrogens is 1. The van der Waals surface area contributed by atoms with Crippen LogP contribution in [0.1, 0.15) is 45.5 Å². The van der Waals surface area contributed by atoms with Crippen LogP contribution in [0.25, 0.3) is 22.6 Å². The number of carbonyl (C=O) groups excluding carboxylic acids is 1. The number of hydrogen-bond acceptors (Lipinski definition) is 4. The maximum absolute atomic E-state index is 12.1. The molecule has 2 aromatic heterocycles. The summed E-state index contributed by atoms with van der Waals surface area (Å²) in [4.78, 5) is 18.2. The molecule has 0 fully saturated rings. The van der Waals surface area contributed by atoms with E-state index < -0.39 is 5.97 Å². The maximum Gasteiger partial charge on any atom is 0.120 e. The molecule has 0 amide bonds. The van der Waals surface area contributed by atoms with Crippen LogP contribution >= 0.6 is 0 Å². The Kier molecular flexibility index (Phi) is 4.69. The average Bonchev–Trinajstić information content (AvgIpc) is 2.99. The quantitative estimate of drug-likeness (QED) is 0.730. The van der Waals surface area contributed by atoms with Gasteiger partial charge < -0.3 is 19.4 Å². The van der Waals surface area contributed by atoms with Crippen LogP contribution in [0.5, 0.6) is 0 Å². The molecule has 3 heterocycles. The molecule has 0 saturated heterocycles. The molecule has 6 heteroatoms. The van der Waals surface area contributed by atoms with Gasteiger partial charge in [-0.15, -0.1) is 0 Å². The normalized spacial score (nSPS) is 17.3. The van der Waals surface area contributed by atoms with Crippen molar-refractivity contribution in [2.24, 2.45) is 7.05 Å². The van der Waals surface area contributed by atoms with Crippen molar-refractivity contribution >= 4 is 28.5 Å². The molecule has 1 unspecified atom stereocenters. The minimum Gasteiger partial charge on any atom is -0.545 e. The molecule has 1 aromatic carbocycles. The van der Waals surface area contributed by atoms with Gasteiger partial charge in [0.1, 0.15) is 24.9 Å². The van der Waals surface area contributed by atoms with Crippen LogP contribution in [0.4, 0.5) is 0 Å². The molecule has 0 spiro atoms. The van der Waals surface area contributed by atoms with Gasteiger partial charge in [0.2, 0.25) is 0 Å². The number of hydrogen-bond donors (Lipinski definition) is 1. The average molecular weight is 386 g/mol. The summed E-state index contributed by atoms with van der Waals surface area (Å²) in [5.41, 5.74) is 5.85. The van der Waals surface area contributed by atoms with Gasteiger partial charge in [0.25, 0.3) is 0 Å². The summed E-state index contributed by atoms with van der Waals surface area (Å²) in [6.07, 6.45) is 2.05. The zero-order valence-corrected chi connectivity index (χ0v) is 16.7. The second kappa shape index (κ2) is 7.19. The Bertz CT molecular complexity index is 1210. The monoisotopic (exact) mass is 386 g/mol. The van der Waals surface area contributed by atoms with Crippen LogP contribution in [-0.4, -0.2) is 28.6 Å². The molecule has 0 radical (unpaired) electrons. The number of rotatable bonds is 3. The molecule has 1 atom stereocenters. The van der Waals surface area contributed by atoms with Crippen molar-refractivity contribution in [3.05, 3.63) is 64.1 Å². The topological polar surface area (TPSA) is 86.2 Å². The van der Waals surface area contributed by atoms with Crippen molar-refractivity contribution in [2.45, 2.75) is 20.4 Å². The molecule has 1 N–H and O–H groups in total. The van der Waals surface area contributed by atoms with Gasteiger partial charge in [-0.2, -0.15) is 5.26 Å². The Morgan fingerprint density at radius 1 is 1.38 bits per heavy atom. The Morgan fingerprint density at radius 3 is 2.79 bits per heavy atom. The zero-order valence-electron chi connectivity index (χ0n) is 16.7. The first-order valence-electron chi connectivity index (χ1n) is 9.68. The van der Waals surface area contributed by atoms with E-state index in [1.54, 1.807) is 6.07 Å². The maximum atomic E-state index is 12.1. The summed E-state index contributed by atoms with van der Waals surface area (Å²) in [7, 11) is 1.87. The number of carboxylic acids is 1. The molecule has 4 rings (SSSR count). The number of aromatic carboxylic acids is 1. The summed E-state index contributed by atoms with van der Waals surface area (Å²) in [6, 6.07) is 11.4. The molecule has 1 aliphatic heterocycles. The Labute approximate surface area is 169 Å². The lowest BCUT2D eigenvalue weighted by Gasteiger charge is -2.29. The SMILES string of the molecule is CC[NH+]1C/C(=C\c2cc(C#N)n(C)c2C)c2nc3ccccc3c(C(=O)[O-])c2C1. The summed E-state index contributed by atoms with van der Waals surface area (Å²) in [5, 5.41) is 22.0. The second-order valence-electron chi connectivity index (χ2n) is 7.49. The lowest BCUT2D eigenvalue weighted by atomic mass is 9.92. The van der Waals surface area contributed by atoms with Gasteiger partial charge in [0.05, 0.1) is 23.7 Å². The van der Waals surface area contributed by atoms with E-state index in [0.717, 1.165) is 41.2 Å². The van der Waals surface area contributed by atoms with Gasteiger partial charge in [0.15, 0.2) is 0 Å². The molecular weight excluding hydrogens is 364 g/mol. The minimum atomic E-state index is -1.17. The number of para-hydroxylation sites is 1. The van der Waals surface area contributed by atoms with E-state index in [1.165, 1.54) is 4.90 Å². The lowest BCUT2D eigenvalue weighted by Crippen LogP contribution is -3.11. The first kappa shape index (κ1) is 18.9. The van der Waals surface area contributed by atoms with Gasteiger partial charge in [-0.1, -0.05) is 18.2 Å². The number of nitrogens with zero attached hydrogens (tertiary/aromatic N) is 3. The van der Waals surface area contributed by atoms with E-state index in [4.69, 9.17) is 4.98 Å². The van der Waals surface area contributed by atoms with Crippen molar-refractivity contribution in [3.63, 3.8) is 0 Å². The summed E-state index contributed by atoms with van der Waals surface area (Å²) >= 11 is 0. The summed E-state index contributed by atoms with van der Waals surface area (Å²) < 4.78 is 1.86. The van der Waals surface area contributed by atoms with E-state index in [2.05, 4.69) is 13.0 Å². The van der Waals surface area contributed by atoms with Crippen LogP contribution in [-0.2, 0) is 13.6 Å². The molecule has 0 saturated carbocycles. The largest absolute Gasteiger partial charge is 0.545 e. The highest BCUT2D eigenvalue weighted by Gasteiger charge is 2.28. The highest BCUT2D eigenvalue weighted by molar-refractivity contribution is 6.05. The van der Waals surface area contributed by atoms with Crippen LogP contribution in [0.2, 0.25) is 0 Å². The van der Waals surface area contributed by atoms with Gasteiger partial charge in [-0.3, -0.25) is 0 Å². The third-order valence-electron chi connectivity index (χ3n) is 5.89. The molecule has 0 bridgehead atoms. The van der Waals surface area contributed by atoms with E-state index in [-0.39, 0.29) is 5.56 Å². The predicted octanol–water partition coefficient (Wildman–Crippen LogP) is 1.08. The third kappa shape index (κ3) is 3.10. The molecular formula is C23H22N4O2.